The Bertz CT molecular complexity index is 1240. The first-order valence-electron chi connectivity index (χ1n) is 25.5. The summed E-state index contributed by atoms with van der Waals surface area (Å²) in [5, 5.41) is 23.7. The molecular formula is C56H95NO5. The van der Waals surface area contributed by atoms with Crippen molar-refractivity contribution in [2.75, 3.05) is 6.61 Å². The Balaban J connectivity index is 4.77. The summed E-state index contributed by atoms with van der Waals surface area (Å²) in [6, 6.07) is -0.729. The van der Waals surface area contributed by atoms with Gasteiger partial charge in [-0.25, -0.2) is 0 Å². The summed E-state index contributed by atoms with van der Waals surface area (Å²) >= 11 is 0. The Hall–Kier alpha value is -3.22. The molecule has 0 aromatic carbocycles. The largest absolute Gasteiger partial charge is 0.462 e. The zero-order valence-electron chi connectivity index (χ0n) is 40.2. The van der Waals surface area contributed by atoms with Crippen LogP contribution in [0, 0.1) is 0 Å². The van der Waals surface area contributed by atoms with Gasteiger partial charge >= 0.3 is 5.97 Å². The van der Waals surface area contributed by atoms with E-state index < -0.39 is 18.2 Å². The maximum atomic E-state index is 13.2. The summed E-state index contributed by atoms with van der Waals surface area (Å²) in [6.07, 6.45) is 64.6. The number of hydrogen-bond donors (Lipinski definition) is 3. The Morgan fingerprint density at radius 1 is 0.500 bits per heavy atom. The fraction of sp³-hybridized carbons (Fsp3) is 0.679. The molecule has 0 aromatic heterocycles. The molecular weight excluding hydrogens is 767 g/mol. The van der Waals surface area contributed by atoms with Crippen LogP contribution in [0.4, 0.5) is 0 Å². The standard InChI is InChI=1S/C56H95NO5/c1-4-7-10-13-16-19-22-24-26-27-29-30-33-35-38-41-44-47-52(62-56(61)49-46-43-40-37-34-31-28-25-23-20-17-14-11-8-5-2)50-55(60)57-53(51-58)54(59)48-45-42-39-36-32-21-18-15-12-9-6-3/h8,11,14,16-17,19-20,23-26,28-30,35,38,52-54,58-59H,4-7,9-10,12-13,15,18,21-22,27,31-34,36-37,39-51H2,1-3H3,(H,57,60)/b11-8+,17-14+,19-16-,23-20+,26-24-,28-25-,30-29-,38-35-. The SMILES string of the molecule is CC/C=C/C=C/C=C/C=C\CCCCCCCC(=O)OC(CCC/C=C\C/C=C\C/C=C\C/C=C\CCCCC)CC(=O)NC(CO)C(O)CCCCCCCCCCCCC. The quantitative estimate of drug-likeness (QED) is 0.0245. The molecule has 0 aliphatic rings. The number of ether oxygens (including phenoxy) is 1. The highest BCUT2D eigenvalue weighted by Gasteiger charge is 2.24. The minimum atomic E-state index is -0.811. The summed E-state index contributed by atoms with van der Waals surface area (Å²) < 4.78 is 5.89. The predicted octanol–water partition coefficient (Wildman–Crippen LogP) is 15.3. The van der Waals surface area contributed by atoms with Gasteiger partial charge in [-0.2, -0.15) is 0 Å². The van der Waals surface area contributed by atoms with Gasteiger partial charge in [-0.05, 0) is 83.5 Å². The third-order valence-electron chi connectivity index (χ3n) is 11.0. The van der Waals surface area contributed by atoms with E-state index in [1.807, 2.05) is 18.2 Å². The van der Waals surface area contributed by atoms with E-state index in [1.54, 1.807) is 0 Å². The van der Waals surface area contributed by atoms with Gasteiger partial charge in [0, 0.05) is 6.42 Å². The molecule has 3 atom stereocenters. The lowest BCUT2D eigenvalue weighted by atomic mass is 10.0. The molecule has 0 heterocycles. The number of amides is 1. The lowest BCUT2D eigenvalue weighted by Gasteiger charge is -2.24. The molecule has 0 aliphatic carbocycles. The van der Waals surface area contributed by atoms with Crippen molar-refractivity contribution >= 4 is 11.9 Å². The van der Waals surface area contributed by atoms with Crippen molar-refractivity contribution in [3.63, 3.8) is 0 Å². The first-order chi connectivity index (χ1) is 30.5. The second-order valence-corrected chi connectivity index (χ2v) is 16.9. The second-order valence-electron chi connectivity index (χ2n) is 16.9. The zero-order valence-corrected chi connectivity index (χ0v) is 40.2. The zero-order chi connectivity index (χ0) is 45.2. The molecule has 0 aliphatic heterocycles. The molecule has 0 spiro atoms. The second kappa shape index (κ2) is 48.8. The number of aliphatic hydroxyl groups is 2. The minimum absolute atomic E-state index is 0.0247. The van der Waals surface area contributed by atoms with E-state index in [1.165, 1.54) is 77.0 Å². The summed E-state index contributed by atoms with van der Waals surface area (Å²) in [5.41, 5.74) is 0. The molecule has 1 amide bonds. The Morgan fingerprint density at radius 3 is 1.53 bits per heavy atom. The minimum Gasteiger partial charge on any atom is -0.462 e. The topological polar surface area (TPSA) is 95.9 Å². The number of carbonyl (C=O) groups is 2. The maximum Gasteiger partial charge on any atom is 0.306 e. The van der Waals surface area contributed by atoms with Gasteiger partial charge < -0.3 is 20.3 Å². The van der Waals surface area contributed by atoms with Crippen LogP contribution in [0.1, 0.15) is 220 Å². The van der Waals surface area contributed by atoms with E-state index in [2.05, 4.69) is 105 Å². The smallest absolute Gasteiger partial charge is 0.306 e. The average Bonchev–Trinajstić information content (AvgIpc) is 3.26. The highest BCUT2D eigenvalue weighted by molar-refractivity contribution is 5.77. The maximum absolute atomic E-state index is 13.2. The van der Waals surface area contributed by atoms with Gasteiger partial charge in [0.05, 0.1) is 25.2 Å². The van der Waals surface area contributed by atoms with E-state index in [9.17, 15) is 19.8 Å². The third-order valence-corrected chi connectivity index (χ3v) is 11.0. The van der Waals surface area contributed by atoms with Crippen LogP contribution in [-0.2, 0) is 14.3 Å². The van der Waals surface area contributed by atoms with Crippen LogP contribution >= 0.6 is 0 Å². The summed E-state index contributed by atoms with van der Waals surface area (Å²) in [6.45, 7) is 6.28. The Morgan fingerprint density at radius 2 is 0.952 bits per heavy atom. The van der Waals surface area contributed by atoms with Gasteiger partial charge in [-0.3, -0.25) is 9.59 Å². The predicted molar refractivity (Wildman–Crippen MR) is 268 cm³/mol. The van der Waals surface area contributed by atoms with Gasteiger partial charge in [0.15, 0.2) is 0 Å². The van der Waals surface area contributed by atoms with Crippen molar-refractivity contribution in [3.05, 3.63) is 97.2 Å². The van der Waals surface area contributed by atoms with Crippen LogP contribution in [0.15, 0.2) is 97.2 Å². The van der Waals surface area contributed by atoms with Crippen molar-refractivity contribution in [1.82, 2.24) is 5.32 Å². The van der Waals surface area contributed by atoms with Gasteiger partial charge in [0.25, 0.3) is 0 Å². The fourth-order valence-corrected chi connectivity index (χ4v) is 7.13. The number of allylic oxidation sites excluding steroid dienone is 16. The van der Waals surface area contributed by atoms with Crippen LogP contribution in [0.5, 0.6) is 0 Å². The van der Waals surface area contributed by atoms with Crippen molar-refractivity contribution in [1.29, 1.82) is 0 Å². The lowest BCUT2D eigenvalue weighted by Crippen LogP contribution is -2.46. The lowest BCUT2D eigenvalue weighted by molar-refractivity contribution is -0.151. The number of aliphatic hydroxyl groups excluding tert-OH is 2. The number of hydrogen-bond acceptors (Lipinski definition) is 5. The first-order valence-corrected chi connectivity index (χ1v) is 25.5. The van der Waals surface area contributed by atoms with E-state index in [-0.39, 0.29) is 24.9 Å². The molecule has 354 valence electrons. The summed E-state index contributed by atoms with van der Waals surface area (Å²) in [7, 11) is 0. The number of nitrogens with one attached hydrogen (secondary N) is 1. The molecule has 0 saturated heterocycles. The average molecular weight is 862 g/mol. The van der Waals surface area contributed by atoms with E-state index in [4.69, 9.17) is 4.74 Å². The monoisotopic (exact) mass is 862 g/mol. The van der Waals surface area contributed by atoms with E-state index in [0.717, 1.165) is 96.3 Å². The van der Waals surface area contributed by atoms with E-state index >= 15 is 0 Å². The molecule has 0 saturated carbocycles. The molecule has 6 nitrogen and oxygen atoms in total. The molecule has 0 fully saturated rings. The molecule has 0 rings (SSSR count). The van der Waals surface area contributed by atoms with Crippen molar-refractivity contribution < 1.29 is 24.5 Å². The normalized spacial score (nSPS) is 14.1. The number of esters is 1. The molecule has 62 heavy (non-hydrogen) atoms. The molecule has 3 unspecified atom stereocenters. The fourth-order valence-electron chi connectivity index (χ4n) is 7.13. The van der Waals surface area contributed by atoms with Crippen LogP contribution in [0.2, 0.25) is 0 Å². The number of unbranched alkanes of at least 4 members (excludes halogenated alkanes) is 19. The third kappa shape index (κ3) is 43.4. The van der Waals surface area contributed by atoms with Crippen molar-refractivity contribution in [2.45, 2.75) is 238 Å². The van der Waals surface area contributed by atoms with Gasteiger partial charge in [0.2, 0.25) is 5.91 Å². The van der Waals surface area contributed by atoms with Crippen molar-refractivity contribution in [2.24, 2.45) is 0 Å². The number of rotatable bonds is 44. The van der Waals surface area contributed by atoms with Gasteiger partial charge in [0.1, 0.15) is 6.10 Å². The Labute approximate surface area is 382 Å². The van der Waals surface area contributed by atoms with Gasteiger partial charge in [-0.1, -0.05) is 221 Å². The summed E-state index contributed by atoms with van der Waals surface area (Å²) in [4.78, 5) is 26.1. The molecule has 6 heteroatoms. The summed E-state index contributed by atoms with van der Waals surface area (Å²) in [5.74, 6) is -0.563. The molecule has 0 bridgehead atoms. The molecule has 3 N–H and O–H groups in total. The van der Waals surface area contributed by atoms with E-state index in [0.29, 0.717) is 19.3 Å². The Kier molecular flexibility index (Phi) is 46.3. The first kappa shape index (κ1) is 58.8. The van der Waals surface area contributed by atoms with Crippen LogP contribution in [0.25, 0.3) is 0 Å². The van der Waals surface area contributed by atoms with Crippen LogP contribution in [-0.4, -0.2) is 46.9 Å². The van der Waals surface area contributed by atoms with Gasteiger partial charge in [-0.15, -0.1) is 0 Å². The van der Waals surface area contributed by atoms with Crippen molar-refractivity contribution in [3.8, 4) is 0 Å². The number of carbonyl (C=O) groups excluding carboxylic acids is 2. The highest BCUT2D eigenvalue weighted by atomic mass is 16.5. The molecule has 0 aromatic rings. The van der Waals surface area contributed by atoms with Crippen LogP contribution < -0.4 is 5.32 Å². The van der Waals surface area contributed by atoms with Crippen LogP contribution in [0.3, 0.4) is 0 Å². The molecule has 0 radical (unpaired) electrons. The highest BCUT2D eigenvalue weighted by Crippen LogP contribution is 2.16.